The van der Waals surface area contributed by atoms with Crippen molar-refractivity contribution in [3.63, 3.8) is 0 Å². The molecule has 3 heterocycles. The van der Waals surface area contributed by atoms with Crippen molar-refractivity contribution in [2.24, 2.45) is 0 Å². The van der Waals surface area contributed by atoms with Gasteiger partial charge in [-0.05, 0) is 23.6 Å². The van der Waals surface area contributed by atoms with Gasteiger partial charge in [0.15, 0.2) is 5.76 Å². The van der Waals surface area contributed by atoms with Crippen LogP contribution < -0.4 is 10.9 Å². The summed E-state index contributed by atoms with van der Waals surface area (Å²) in [6.45, 7) is 2.36. The zero-order chi connectivity index (χ0) is 19.5. The maximum atomic E-state index is 12.6. The molecule has 0 saturated carbocycles. The van der Waals surface area contributed by atoms with Gasteiger partial charge in [0.2, 0.25) is 5.91 Å². The smallest absolute Gasteiger partial charge is 0.293 e. The van der Waals surface area contributed by atoms with Gasteiger partial charge in [0.1, 0.15) is 24.1 Å². The van der Waals surface area contributed by atoms with Crippen molar-refractivity contribution in [1.82, 2.24) is 24.7 Å². The molecular formula is C20H19N5O3. The van der Waals surface area contributed by atoms with E-state index in [-0.39, 0.29) is 23.9 Å². The Morgan fingerprint density at radius 2 is 2.04 bits per heavy atom. The molecule has 0 aliphatic rings. The van der Waals surface area contributed by atoms with E-state index in [0.717, 1.165) is 10.2 Å². The number of fused-ring (bicyclic) bond motifs is 1. The number of carbonyl (C=O) groups excluding carboxylic acids is 1. The Bertz CT molecular complexity index is 1150. The number of furan rings is 1. The highest BCUT2D eigenvalue weighted by molar-refractivity contribution is 5.75. The number of hydrogen-bond acceptors (Lipinski definition) is 5. The van der Waals surface area contributed by atoms with Crippen molar-refractivity contribution < 1.29 is 9.21 Å². The van der Waals surface area contributed by atoms with Crippen LogP contribution in [0, 0.1) is 0 Å². The molecule has 1 atom stereocenters. The molecule has 0 spiro atoms. The standard InChI is InChI=1S/C20H19N5O3/c1-14(15-6-3-2-4-7-15)11-21-19(26)12-24-20(27)17-10-16(18-8-5-9-28-18)23-25(17)13-22-24/h2-10,13-14H,11-12H2,1H3,(H,21,26)/t14-/m0/s1. The molecule has 1 N–H and O–H groups in total. The van der Waals surface area contributed by atoms with Crippen LogP contribution in [-0.4, -0.2) is 31.8 Å². The molecule has 3 aromatic heterocycles. The number of amides is 1. The maximum absolute atomic E-state index is 12.6. The summed E-state index contributed by atoms with van der Waals surface area (Å²) in [7, 11) is 0. The highest BCUT2D eigenvalue weighted by atomic mass is 16.3. The molecule has 0 radical (unpaired) electrons. The molecule has 0 aliphatic heterocycles. The van der Waals surface area contributed by atoms with Gasteiger partial charge in [0.25, 0.3) is 5.56 Å². The van der Waals surface area contributed by atoms with Crippen LogP contribution in [-0.2, 0) is 11.3 Å². The average molecular weight is 377 g/mol. The van der Waals surface area contributed by atoms with E-state index in [1.807, 2.05) is 37.3 Å². The predicted octanol–water partition coefficient (Wildman–Crippen LogP) is 2.07. The van der Waals surface area contributed by atoms with Gasteiger partial charge in [-0.1, -0.05) is 37.3 Å². The minimum atomic E-state index is -0.390. The summed E-state index contributed by atoms with van der Waals surface area (Å²) in [4.78, 5) is 24.9. The fraction of sp³-hybridized carbons (Fsp3) is 0.200. The van der Waals surface area contributed by atoms with Crippen molar-refractivity contribution in [2.75, 3.05) is 6.54 Å². The summed E-state index contributed by atoms with van der Waals surface area (Å²) in [6.07, 6.45) is 2.94. The Morgan fingerprint density at radius 1 is 1.21 bits per heavy atom. The third-order valence-corrected chi connectivity index (χ3v) is 4.53. The van der Waals surface area contributed by atoms with Crippen LogP contribution in [0.1, 0.15) is 18.4 Å². The predicted molar refractivity (Wildman–Crippen MR) is 103 cm³/mol. The largest absolute Gasteiger partial charge is 0.463 e. The summed E-state index contributed by atoms with van der Waals surface area (Å²) in [5.41, 5.74) is 1.61. The molecule has 28 heavy (non-hydrogen) atoms. The molecule has 142 valence electrons. The number of nitrogens with zero attached hydrogens (tertiary/aromatic N) is 4. The quantitative estimate of drug-likeness (QED) is 0.555. The first kappa shape index (κ1) is 17.7. The topological polar surface area (TPSA) is 94.4 Å². The van der Waals surface area contributed by atoms with Crippen LogP contribution in [0.25, 0.3) is 17.0 Å². The Morgan fingerprint density at radius 3 is 2.79 bits per heavy atom. The molecule has 0 saturated heterocycles. The second-order valence-electron chi connectivity index (χ2n) is 6.55. The minimum Gasteiger partial charge on any atom is -0.463 e. The normalized spacial score (nSPS) is 12.2. The third-order valence-electron chi connectivity index (χ3n) is 4.53. The first-order chi connectivity index (χ1) is 13.6. The minimum absolute atomic E-state index is 0.155. The Hall–Kier alpha value is -3.68. The number of rotatable bonds is 6. The number of benzene rings is 1. The van der Waals surface area contributed by atoms with Crippen LogP contribution in [0.3, 0.4) is 0 Å². The maximum Gasteiger partial charge on any atom is 0.293 e. The second kappa shape index (κ2) is 7.51. The summed E-state index contributed by atoms with van der Waals surface area (Å²) in [5, 5.41) is 11.2. The second-order valence-corrected chi connectivity index (χ2v) is 6.55. The molecule has 0 unspecified atom stereocenters. The molecule has 4 rings (SSSR count). The van der Waals surface area contributed by atoms with Crippen LogP contribution in [0.4, 0.5) is 0 Å². The first-order valence-corrected chi connectivity index (χ1v) is 8.93. The number of hydrogen-bond donors (Lipinski definition) is 1. The molecule has 0 fully saturated rings. The van der Waals surface area contributed by atoms with Gasteiger partial charge in [-0.25, -0.2) is 9.20 Å². The van der Waals surface area contributed by atoms with Gasteiger partial charge in [0, 0.05) is 12.6 Å². The van der Waals surface area contributed by atoms with E-state index in [2.05, 4.69) is 15.5 Å². The highest BCUT2D eigenvalue weighted by Gasteiger charge is 2.14. The van der Waals surface area contributed by atoms with Crippen molar-refractivity contribution in [3.05, 3.63) is 77.0 Å². The summed E-state index contributed by atoms with van der Waals surface area (Å²) < 4.78 is 7.82. The molecule has 8 heteroatoms. The lowest BCUT2D eigenvalue weighted by atomic mass is 10.0. The van der Waals surface area contributed by atoms with Crippen molar-refractivity contribution in [2.45, 2.75) is 19.4 Å². The fourth-order valence-corrected chi connectivity index (χ4v) is 2.95. The zero-order valence-electron chi connectivity index (χ0n) is 15.3. The van der Waals surface area contributed by atoms with Gasteiger partial charge in [-0.15, -0.1) is 0 Å². The highest BCUT2D eigenvalue weighted by Crippen LogP contribution is 2.18. The van der Waals surface area contributed by atoms with Gasteiger partial charge in [0.05, 0.1) is 6.26 Å². The number of aromatic nitrogens is 4. The van der Waals surface area contributed by atoms with E-state index in [4.69, 9.17) is 4.42 Å². The lowest BCUT2D eigenvalue weighted by Gasteiger charge is -2.13. The monoisotopic (exact) mass is 377 g/mol. The van der Waals surface area contributed by atoms with Crippen LogP contribution in [0.5, 0.6) is 0 Å². The molecule has 1 aromatic carbocycles. The summed E-state index contributed by atoms with van der Waals surface area (Å²) in [6, 6.07) is 15.1. The van der Waals surface area contributed by atoms with Crippen LogP contribution in [0.2, 0.25) is 0 Å². The zero-order valence-corrected chi connectivity index (χ0v) is 15.3. The Kier molecular flexibility index (Phi) is 4.76. The Balaban J connectivity index is 1.46. The molecule has 0 aliphatic carbocycles. The van der Waals surface area contributed by atoms with E-state index < -0.39 is 0 Å². The summed E-state index contributed by atoms with van der Waals surface area (Å²) >= 11 is 0. The van der Waals surface area contributed by atoms with Gasteiger partial charge < -0.3 is 9.73 Å². The third kappa shape index (κ3) is 3.57. The summed E-state index contributed by atoms with van der Waals surface area (Å²) in [5.74, 6) is 0.456. The van der Waals surface area contributed by atoms with Crippen LogP contribution >= 0.6 is 0 Å². The fourth-order valence-electron chi connectivity index (χ4n) is 2.95. The lowest BCUT2D eigenvalue weighted by Crippen LogP contribution is -2.35. The van der Waals surface area contributed by atoms with Gasteiger partial charge in [-0.2, -0.15) is 10.2 Å². The van der Waals surface area contributed by atoms with Crippen molar-refractivity contribution in [3.8, 4) is 11.5 Å². The molecular weight excluding hydrogens is 358 g/mol. The van der Waals surface area contributed by atoms with E-state index in [0.29, 0.717) is 23.5 Å². The molecule has 0 bridgehead atoms. The SMILES string of the molecule is C[C@@H](CNC(=O)Cn1ncn2nc(-c3ccco3)cc2c1=O)c1ccccc1. The average Bonchev–Trinajstić information content (AvgIpc) is 3.39. The molecule has 1 amide bonds. The van der Waals surface area contributed by atoms with E-state index in [1.165, 1.54) is 17.1 Å². The van der Waals surface area contributed by atoms with Gasteiger partial charge in [-0.3, -0.25) is 9.59 Å². The van der Waals surface area contributed by atoms with E-state index in [1.54, 1.807) is 18.2 Å². The van der Waals surface area contributed by atoms with E-state index in [9.17, 15) is 9.59 Å². The Labute approximate surface area is 160 Å². The number of nitrogens with one attached hydrogen (secondary N) is 1. The van der Waals surface area contributed by atoms with E-state index >= 15 is 0 Å². The lowest BCUT2D eigenvalue weighted by molar-refractivity contribution is -0.121. The number of carbonyl (C=O) groups is 1. The first-order valence-electron chi connectivity index (χ1n) is 8.93. The molecule has 8 nitrogen and oxygen atoms in total. The van der Waals surface area contributed by atoms with Crippen molar-refractivity contribution in [1.29, 1.82) is 0 Å². The van der Waals surface area contributed by atoms with Crippen molar-refractivity contribution >= 4 is 11.4 Å². The molecule has 4 aromatic rings. The van der Waals surface area contributed by atoms with Gasteiger partial charge >= 0.3 is 0 Å². The van der Waals surface area contributed by atoms with Crippen LogP contribution in [0.15, 0.2) is 70.3 Å².